The molecule has 126 valence electrons. The van der Waals surface area contributed by atoms with Crippen LogP contribution in [0.1, 0.15) is 21.5 Å². The van der Waals surface area contributed by atoms with E-state index in [1.54, 1.807) is 12.1 Å². The van der Waals surface area contributed by atoms with E-state index < -0.39 is 0 Å². The van der Waals surface area contributed by atoms with Crippen LogP contribution in [0.15, 0.2) is 65.1 Å². The molecule has 2 nitrogen and oxygen atoms in total. The van der Waals surface area contributed by atoms with Gasteiger partial charge in [0.05, 0.1) is 15.7 Å². The first-order valence-corrected chi connectivity index (χ1v) is 9.12. The van der Waals surface area contributed by atoms with Gasteiger partial charge >= 0.3 is 0 Å². The molecule has 0 unspecified atom stereocenters. The van der Waals surface area contributed by atoms with Crippen LogP contribution in [0.3, 0.4) is 0 Å². The number of carbonyl (C=O) groups excluding carboxylic acids is 1. The molecule has 0 aliphatic carbocycles. The standard InChI is InChI=1S/C20H14BrCl2NO/c1-12-4-2-3-5-15(12)20(25)16-8-7-14(11-17(16)22)24-19-9-6-13(21)10-18(19)23/h2-11,24H,1H3. The highest BCUT2D eigenvalue weighted by Crippen LogP contribution is 2.31. The van der Waals surface area contributed by atoms with Crippen molar-refractivity contribution in [1.29, 1.82) is 0 Å². The molecule has 0 spiro atoms. The molecule has 0 aliphatic heterocycles. The van der Waals surface area contributed by atoms with Gasteiger partial charge in [0.15, 0.2) is 5.78 Å². The minimum absolute atomic E-state index is 0.0867. The van der Waals surface area contributed by atoms with Gasteiger partial charge in [0.25, 0.3) is 0 Å². The number of hydrogen-bond donors (Lipinski definition) is 1. The maximum absolute atomic E-state index is 12.7. The van der Waals surface area contributed by atoms with E-state index in [2.05, 4.69) is 21.2 Å². The molecule has 0 saturated heterocycles. The molecule has 0 bridgehead atoms. The van der Waals surface area contributed by atoms with Gasteiger partial charge in [0, 0.05) is 21.3 Å². The van der Waals surface area contributed by atoms with E-state index in [0.29, 0.717) is 21.2 Å². The van der Waals surface area contributed by atoms with Crippen molar-refractivity contribution in [3.63, 3.8) is 0 Å². The summed E-state index contributed by atoms with van der Waals surface area (Å²) in [6.45, 7) is 1.91. The minimum Gasteiger partial charge on any atom is -0.354 e. The highest BCUT2D eigenvalue weighted by Gasteiger charge is 2.15. The first-order chi connectivity index (χ1) is 12.0. The zero-order chi connectivity index (χ0) is 18.0. The lowest BCUT2D eigenvalue weighted by molar-refractivity contribution is 0.103. The van der Waals surface area contributed by atoms with Crippen LogP contribution in [0.4, 0.5) is 11.4 Å². The number of aryl methyl sites for hydroxylation is 1. The second-order valence-electron chi connectivity index (χ2n) is 5.59. The molecule has 0 fully saturated rings. The lowest BCUT2D eigenvalue weighted by atomic mass is 9.99. The fourth-order valence-corrected chi connectivity index (χ4v) is 3.48. The van der Waals surface area contributed by atoms with Crippen LogP contribution < -0.4 is 5.32 Å². The Kier molecular flexibility index (Phi) is 5.48. The summed E-state index contributed by atoms with van der Waals surface area (Å²) in [4.78, 5) is 12.7. The average Bonchev–Trinajstić information content (AvgIpc) is 2.57. The normalized spacial score (nSPS) is 10.6. The van der Waals surface area contributed by atoms with Crippen LogP contribution in [0, 0.1) is 6.92 Å². The number of ketones is 1. The molecule has 0 amide bonds. The number of rotatable bonds is 4. The van der Waals surface area contributed by atoms with Crippen molar-refractivity contribution in [2.24, 2.45) is 0 Å². The van der Waals surface area contributed by atoms with Crippen LogP contribution in [0.5, 0.6) is 0 Å². The van der Waals surface area contributed by atoms with Gasteiger partial charge in [0.1, 0.15) is 0 Å². The monoisotopic (exact) mass is 433 g/mol. The molecule has 3 aromatic carbocycles. The molecule has 0 aromatic heterocycles. The predicted molar refractivity (Wildman–Crippen MR) is 108 cm³/mol. The quantitative estimate of drug-likeness (QED) is 0.446. The van der Waals surface area contributed by atoms with Crippen LogP contribution in [-0.4, -0.2) is 5.78 Å². The summed E-state index contributed by atoms with van der Waals surface area (Å²) in [5.41, 5.74) is 3.58. The Morgan fingerprint density at radius 1 is 0.920 bits per heavy atom. The largest absolute Gasteiger partial charge is 0.354 e. The topological polar surface area (TPSA) is 29.1 Å². The van der Waals surface area contributed by atoms with Crippen molar-refractivity contribution in [3.8, 4) is 0 Å². The maximum Gasteiger partial charge on any atom is 0.194 e. The minimum atomic E-state index is -0.0867. The number of benzene rings is 3. The third kappa shape index (κ3) is 4.06. The van der Waals surface area contributed by atoms with Crippen LogP contribution in [-0.2, 0) is 0 Å². The third-order valence-electron chi connectivity index (χ3n) is 3.81. The summed E-state index contributed by atoms with van der Waals surface area (Å²) >= 11 is 16.0. The van der Waals surface area contributed by atoms with Gasteiger partial charge in [-0.3, -0.25) is 4.79 Å². The van der Waals surface area contributed by atoms with Gasteiger partial charge in [-0.2, -0.15) is 0 Å². The Labute approximate surface area is 164 Å². The summed E-state index contributed by atoms with van der Waals surface area (Å²) < 4.78 is 0.903. The van der Waals surface area contributed by atoms with Crippen LogP contribution >= 0.6 is 39.1 Å². The van der Waals surface area contributed by atoms with Crippen LogP contribution in [0.2, 0.25) is 10.0 Å². The fraction of sp³-hybridized carbons (Fsp3) is 0.0500. The zero-order valence-corrected chi connectivity index (χ0v) is 16.4. The molecule has 0 radical (unpaired) electrons. The molecule has 0 saturated carbocycles. The molecular formula is C20H14BrCl2NO. The SMILES string of the molecule is Cc1ccccc1C(=O)c1ccc(Nc2ccc(Br)cc2Cl)cc1Cl. The fourth-order valence-electron chi connectivity index (χ4n) is 2.50. The second-order valence-corrected chi connectivity index (χ2v) is 7.32. The number of hydrogen-bond acceptors (Lipinski definition) is 2. The summed E-state index contributed by atoms with van der Waals surface area (Å²) in [7, 11) is 0. The molecule has 0 atom stereocenters. The Morgan fingerprint density at radius 2 is 1.68 bits per heavy atom. The molecule has 3 aromatic rings. The molecular weight excluding hydrogens is 421 g/mol. The van der Waals surface area contributed by atoms with E-state index in [9.17, 15) is 4.79 Å². The van der Waals surface area contributed by atoms with Gasteiger partial charge in [-0.1, -0.05) is 63.4 Å². The molecule has 0 aliphatic rings. The lowest BCUT2D eigenvalue weighted by Gasteiger charge is -2.11. The smallest absolute Gasteiger partial charge is 0.194 e. The Morgan fingerprint density at radius 3 is 2.36 bits per heavy atom. The molecule has 3 rings (SSSR count). The van der Waals surface area contributed by atoms with E-state index >= 15 is 0 Å². The first-order valence-electron chi connectivity index (χ1n) is 7.57. The van der Waals surface area contributed by atoms with Crippen molar-refractivity contribution in [2.75, 3.05) is 5.32 Å². The van der Waals surface area contributed by atoms with E-state index in [4.69, 9.17) is 23.2 Å². The van der Waals surface area contributed by atoms with Crippen molar-refractivity contribution >= 4 is 56.3 Å². The molecule has 25 heavy (non-hydrogen) atoms. The summed E-state index contributed by atoms with van der Waals surface area (Å²) in [5, 5.41) is 4.19. The lowest BCUT2D eigenvalue weighted by Crippen LogP contribution is -2.04. The van der Waals surface area contributed by atoms with Gasteiger partial charge in [-0.25, -0.2) is 0 Å². The maximum atomic E-state index is 12.7. The Hall–Kier alpha value is -1.81. The van der Waals surface area contributed by atoms with Crippen molar-refractivity contribution in [2.45, 2.75) is 6.92 Å². The predicted octanol–water partition coefficient (Wildman–Crippen LogP) is 7.04. The second kappa shape index (κ2) is 7.61. The molecule has 0 heterocycles. The van der Waals surface area contributed by atoms with Crippen molar-refractivity contribution in [3.05, 3.63) is 91.9 Å². The third-order valence-corrected chi connectivity index (χ3v) is 4.93. The van der Waals surface area contributed by atoms with Gasteiger partial charge < -0.3 is 5.32 Å². The highest BCUT2D eigenvalue weighted by atomic mass is 79.9. The number of nitrogens with one attached hydrogen (secondary N) is 1. The number of anilines is 2. The van der Waals surface area contributed by atoms with Gasteiger partial charge in [-0.05, 0) is 48.9 Å². The Bertz CT molecular complexity index is 956. The van der Waals surface area contributed by atoms with Gasteiger partial charge in [0.2, 0.25) is 0 Å². The first kappa shape index (κ1) is 18.0. The van der Waals surface area contributed by atoms with E-state index in [1.165, 1.54) is 0 Å². The number of carbonyl (C=O) groups is 1. The number of halogens is 3. The van der Waals surface area contributed by atoms with E-state index in [-0.39, 0.29) is 5.78 Å². The highest BCUT2D eigenvalue weighted by molar-refractivity contribution is 9.10. The van der Waals surface area contributed by atoms with Gasteiger partial charge in [-0.15, -0.1) is 0 Å². The Balaban J connectivity index is 1.88. The summed E-state index contributed by atoms with van der Waals surface area (Å²) in [5.74, 6) is -0.0867. The summed E-state index contributed by atoms with van der Waals surface area (Å²) in [6, 6.07) is 18.3. The zero-order valence-electron chi connectivity index (χ0n) is 13.3. The van der Waals surface area contributed by atoms with Crippen LogP contribution in [0.25, 0.3) is 0 Å². The van der Waals surface area contributed by atoms with Crippen molar-refractivity contribution in [1.82, 2.24) is 0 Å². The summed E-state index contributed by atoms with van der Waals surface area (Å²) in [6.07, 6.45) is 0. The molecule has 1 N–H and O–H groups in total. The molecule has 5 heteroatoms. The van der Waals surface area contributed by atoms with E-state index in [1.807, 2.05) is 55.5 Å². The van der Waals surface area contributed by atoms with E-state index in [0.717, 1.165) is 21.4 Å². The van der Waals surface area contributed by atoms with Crippen molar-refractivity contribution < 1.29 is 4.79 Å². The average molecular weight is 435 g/mol.